The Bertz CT molecular complexity index is 617. The van der Waals surface area contributed by atoms with Crippen LogP contribution in [0, 0.1) is 0 Å². The zero-order chi connectivity index (χ0) is 16.7. The normalized spacial score (nSPS) is 11.7. The van der Waals surface area contributed by atoms with Gasteiger partial charge in [0, 0.05) is 23.0 Å². The van der Waals surface area contributed by atoms with Gasteiger partial charge in [-0.05, 0) is 42.5 Å². The number of nitrogens with two attached hydrogens (primary N) is 1. The number of halogens is 2. The van der Waals surface area contributed by atoms with Crippen LogP contribution in [-0.4, -0.2) is 12.6 Å². The Kier molecular flexibility index (Phi) is 9.20. The van der Waals surface area contributed by atoms with Crippen molar-refractivity contribution in [2.45, 2.75) is 45.6 Å². The lowest BCUT2D eigenvalue weighted by Crippen LogP contribution is -2.22. The minimum absolute atomic E-state index is 0. The van der Waals surface area contributed by atoms with E-state index >= 15 is 0 Å². The lowest BCUT2D eigenvalue weighted by Gasteiger charge is -2.18. The summed E-state index contributed by atoms with van der Waals surface area (Å²) in [7, 11) is 0. The van der Waals surface area contributed by atoms with E-state index in [0.29, 0.717) is 6.61 Å². The number of hydrogen-bond acceptors (Lipinski definition) is 2. The van der Waals surface area contributed by atoms with Gasteiger partial charge in [0.25, 0.3) is 0 Å². The molecule has 2 nitrogen and oxygen atoms in total. The summed E-state index contributed by atoms with van der Waals surface area (Å²) in [6.45, 7) is 4.93. The molecule has 0 radical (unpaired) electrons. The molecule has 0 saturated carbocycles. The van der Waals surface area contributed by atoms with E-state index in [1.807, 2.05) is 18.2 Å². The number of benzene rings is 2. The van der Waals surface area contributed by atoms with E-state index in [9.17, 15) is 0 Å². The third-order valence-electron chi connectivity index (χ3n) is 3.90. The van der Waals surface area contributed by atoms with Gasteiger partial charge in [-0.3, -0.25) is 0 Å². The summed E-state index contributed by atoms with van der Waals surface area (Å²) >= 11 is 6.35. The third-order valence-corrected chi connectivity index (χ3v) is 4.12. The summed E-state index contributed by atoms with van der Waals surface area (Å²) in [6.07, 6.45) is 3.52. The van der Waals surface area contributed by atoms with Gasteiger partial charge in [-0.1, -0.05) is 55.8 Å². The maximum absolute atomic E-state index is 6.35. The van der Waals surface area contributed by atoms with E-state index in [4.69, 9.17) is 22.1 Å². The van der Waals surface area contributed by atoms with E-state index in [-0.39, 0.29) is 18.4 Å². The van der Waals surface area contributed by atoms with Crippen LogP contribution in [0.5, 0.6) is 5.75 Å². The zero-order valence-electron chi connectivity index (χ0n) is 14.4. The molecule has 0 bridgehead atoms. The van der Waals surface area contributed by atoms with Crippen molar-refractivity contribution in [3.63, 3.8) is 0 Å². The molecule has 2 N–H and O–H groups in total. The quantitative estimate of drug-likeness (QED) is 0.675. The Balaban J connectivity index is 0.00000288. The Morgan fingerprint density at radius 1 is 1.08 bits per heavy atom. The molecule has 1 unspecified atom stereocenters. The fourth-order valence-corrected chi connectivity index (χ4v) is 2.89. The van der Waals surface area contributed by atoms with Crippen LogP contribution in [0.3, 0.4) is 0 Å². The first-order valence-corrected chi connectivity index (χ1v) is 8.75. The molecular weight excluding hydrogens is 341 g/mol. The van der Waals surface area contributed by atoms with Gasteiger partial charge < -0.3 is 10.5 Å². The first-order valence-electron chi connectivity index (χ1n) is 8.37. The Hall–Kier alpha value is -1.22. The SMILES string of the molecule is CCCOc1c(Cc2ccccc2)cc(Cl)cc1CC(N)CC.Cl. The second-order valence-corrected chi connectivity index (χ2v) is 6.37. The summed E-state index contributed by atoms with van der Waals surface area (Å²) in [4.78, 5) is 0. The van der Waals surface area contributed by atoms with Gasteiger partial charge >= 0.3 is 0 Å². The van der Waals surface area contributed by atoms with Gasteiger partial charge in [0.1, 0.15) is 5.75 Å². The summed E-state index contributed by atoms with van der Waals surface area (Å²) in [5.41, 5.74) is 9.66. The van der Waals surface area contributed by atoms with E-state index in [0.717, 1.165) is 47.6 Å². The average Bonchev–Trinajstić information content (AvgIpc) is 2.55. The van der Waals surface area contributed by atoms with Gasteiger partial charge in [0.15, 0.2) is 0 Å². The largest absolute Gasteiger partial charge is 0.493 e. The predicted octanol–water partition coefficient (Wildman–Crippen LogP) is 5.42. The molecule has 0 heterocycles. The summed E-state index contributed by atoms with van der Waals surface area (Å²) in [5, 5.41) is 0.748. The summed E-state index contributed by atoms with van der Waals surface area (Å²) in [5.74, 6) is 0.962. The van der Waals surface area contributed by atoms with Crippen molar-refractivity contribution in [1.82, 2.24) is 0 Å². The van der Waals surface area contributed by atoms with Gasteiger partial charge in [-0.2, -0.15) is 0 Å². The van der Waals surface area contributed by atoms with Crippen LogP contribution in [0.25, 0.3) is 0 Å². The Morgan fingerprint density at radius 2 is 1.75 bits per heavy atom. The summed E-state index contributed by atoms with van der Waals surface area (Å²) in [6, 6.07) is 14.5. The van der Waals surface area contributed by atoms with Crippen molar-refractivity contribution in [1.29, 1.82) is 0 Å². The van der Waals surface area contributed by atoms with E-state index in [2.05, 4.69) is 38.1 Å². The van der Waals surface area contributed by atoms with Crippen molar-refractivity contribution in [3.8, 4) is 5.75 Å². The molecule has 2 rings (SSSR count). The average molecular weight is 368 g/mol. The molecule has 0 spiro atoms. The van der Waals surface area contributed by atoms with E-state index in [1.165, 1.54) is 5.56 Å². The molecular formula is C20H27Cl2NO. The van der Waals surface area contributed by atoms with E-state index in [1.54, 1.807) is 0 Å². The molecule has 2 aromatic rings. The van der Waals surface area contributed by atoms with Gasteiger partial charge in [0.05, 0.1) is 6.61 Å². The lowest BCUT2D eigenvalue weighted by atomic mass is 9.97. The van der Waals surface area contributed by atoms with Gasteiger partial charge in [-0.25, -0.2) is 0 Å². The van der Waals surface area contributed by atoms with Crippen LogP contribution in [0.15, 0.2) is 42.5 Å². The number of ether oxygens (including phenoxy) is 1. The molecule has 0 amide bonds. The van der Waals surface area contributed by atoms with Crippen LogP contribution in [0.2, 0.25) is 5.02 Å². The lowest BCUT2D eigenvalue weighted by molar-refractivity contribution is 0.310. The predicted molar refractivity (Wildman–Crippen MR) is 106 cm³/mol. The molecule has 0 fully saturated rings. The molecule has 132 valence electrons. The molecule has 1 atom stereocenters. The number of hydrogen-bond donors (Lipinski definition) is 1. The van der Waals surface area contributed by atoms with Crippen molar-refractivity contribution in [2.75, 3.05) is 6.61 Å². The topological polar surface area (TPSA) is 35.2 Å². The van der Waals surface area contributed by atoms with Crippen molar-refractivity contribution < 1.29 is 4.74 Å². The fourth-order valence-electron chi connectivity index (χ4n) is 2.63. The van der Waals surface area contributed by atoms with Crippen LogP contribution >= 0.6 is 24.0 Å². The van der Waals surface area contributed by atoms with Crippen molar-refractivity contribution in [2.24, 2.45) is 5.73 Å². The van der Waals surface area contributed by atoms with Gasteiger partial charge in [-0.15, -0.1) is 12.4 Å². The maximum atomic E-state index is 6.35. The van der Waals surface area contributed by atoms with Crippen LogP contribution in [0.1, 0.15) is 43.4 Å². The highest BCUT2D eigenvalue weighted by atomic mass is 35.5. The highest BCUT2D eigenvalue weighted by Gasteiger charge is 2.15. The van der Waals surface area contributed by atoms with Crippen molar-refractivity contribution >= 4 is 24.0 Å². The molecule has 0 aromatic heterocycles. The maximum Gasteiger partial charge on any atom is 0.126 e. The second-order valence-electron chi connectivity index (χ2n) is 5.94. The Morgan fingerprint density at radius 3 is 2.38 bits per heavy atom. The second kappa shape index (κ2) is 10.6. The first kappa shape index (κ1) is 20.8. The highest BCUT2D eigenvalue weighted by Crippen LogP contribution is 2.31. The van der Waals surface area contributed by atoms with Crippen LogP contribution in [0.4, 0.5) is 0 Å². The molecule has 2 aromatic carbocycles. The van der Waals surface area contributed by atoms with Gasteiger partial charge in [0.2, 0.25) is 0 Å². The number of rotatable bonds is 8. The van der Waals surface area contributed by atoms with Crippen LogP contribution in [-0.2, 0) is 12.8 Å². The molecule has 4 heteroatoms. The van der Waals surface area contributed by atoms with Crippen LogP contribution < -0.4 is 10.5 Å². The molecule has 0 saturated heterocycles. The van der Waals surface area contributed by atoms with E-state index < -0.39 is 0 Å². The smallest absolute Gasteiger partial charge is 0.126 e. The Labute approximate surface area is 156 Å². The monoisotopic (exact) mass is 367 g/mol. The van der Waals surface area contributed by atoms with Crippen molar-refractivity contribution in [3.05, 3.63) is 64.2 Å². The minimum Gasteiger partial charge on any atom is -0.493 e. The fraction of sp³-hybridized carbons (Fsp3) is 0.400. The molecule has 24 heavy (non-hydrogen) atoms. The zero-order valence-corrected chi connectivity index (χ0v) is 16.0. The first-order chi connectivity index (χ1) is 11.1. The highest BCUT2D eigenvalue weighted by molar-refractivity contribution is 6.30. The molecule has 0 aliphatic heterocycles. The summed E-state index contributed by atoms with van der Waals surface area (Å²) < 4.78 is 6.08. The molecule has 0 aliphatic rings. The molecule has 0 aliphatic carbocycles. The minimum atomic E-state index is 0. The standard InChI is InChI=1S/C20H26ClNO.ClH/c1-3-10-23-20-16(11-15-8-6-5-7-9-15)12-18(21)13-17(20)14-19(22)4-2;/h5-9,12-13,19H,3-4,10-11,14,22H2,1-2H3;1H. The third kappa shape index (κ3) is 6.01.